The first-order chi connectivity index (χ1) is 12.0. The summed E-state index contributed by atoms with van der Waals surface area (Å²) >= 11 is 0. The van der Waals surface area contributed by atoms with Crippen molar-refractivity contribution in [1.82, 2.24) is 9.88 Å². The Morgan fingerprint density at radius 3 is 2.92 bits per heavy atom. The van der Waals surface area contributed by atoms with Gasteiger partial charge >= 0.3 is 0 Å². The van der Waals surface area contributed by atoms with E-state index in [2.05, 4.69) is 9.88 Å². The van der Waals surface area contributed by atoms with Gasteiger partial charge in [-0.1, -0.05) is 6.07 Å². The SMILES string of the molecule is CC(C)=C1Oc2c3c(cc(C)c2C1=O)OCN(Cc1cccnc1)C3. The average molecular weight is 336 g/mol. The van der Waals surface area contributed by atoms with Crippen LogP contribution in [-0.2, 0) is 13.1 Å². The smallest absolute Gasteiger partial charge is 0.232 e. The van der Waals surface area contributed by atoms with Gasteiger partial charge in [-0.25, -0.2) is 0 Å². The second-order valence-corrected chi connectivity index (χ2v) is 6.76. The number of carbonyl (C=O) groups excluding carboxylic acids is 1. The maximum atomic E-state index is 12.7. The maximum Gasteiger partial charge on any atom is 0.232 e. The number of benzene rings is 1. The van der Waals surface area contributed by atoms with Crippen LogP contribution in [0.3, 0.4) is 0 Å². The number of hydrogen-bond donors (Lipinski definition) is 0. The highest BCUT2D eigenvalue weighted by molar-refractivity contribution is 6.14. The standard InChI is InChI=1S/C20H20N2O3/c1-12(2)19-18(23)17-13(3)7-16-15(20(17)25-19)10-22(11-24-16)9-14-5-4-6-21-8-14/h4-8H,9-11H2,1-3H3. The van der Waals surface area contributed by atoms with Gasteiger partial charge in [0.2, 0.25) is 5.78 Å². The molecule has 0 spiro atoms. The molecule has 0 amide bonds. The molecule has 0 unspecified atom stereocenters. The van der Waals surface area contributed by atoms with E-state index in [1.807, 2.05) is 45.2 Å². The lowest BCUT2D eigenvalue weighted by Gasteiger charge is -2.30. The van der Waals surface area contributed by atoms with E-state index in [1.165, 1.54) is 0 Å². The van der Waals surface area contributed by atoms with Gasteiger partial charge < -0.3 is 9.47 Å². The molecule has 0 atom stereocenters. The van der Waals surface area contributed by atoms with E-state index in [0.29, 0.717) is 30.3 Å². The molecule has 2 aliphatic rings. The summed E-state index contributed by atoms with van der Waals surface area (Å²) in [4.78, 5) is 19.0. The second-order valence-electron chi connectivity index (χ2n) is 6.76. The molecule has 4 rings (SSSR count). The van der Waals surface area contributed by atoms with Crippen molar-refractivity contribution >= 4 is 5.78 Å². The van der Waals surface area contributed by atoms with Crippen LogP contribution >= 0.6 is 0 Å². The number of allylic oxidation sites excluding steroid dienone is 2. The minimum atomic E-state index is -0.0281. The van der Waals surface area contributed by atoms with Gasteiger partial charge in [0.15, 0.2) is 5.76 Å². The number of ketones is 1. The molecule has 2 aliphatic heterocycles. The van der Waals surface area contributed by atoms with Crippen LogP contribution in [-0.4, -0.2) is 22.4 Å². The van der Waals surface area contributed by atoms with E-state index in [-0.39, 0.29) is 5.78 Å². The van der Waals surface area contributed by atoms with Gasteiger partial charge in [-0.05, 0) is 49.6 Å². The summed E-state index contributed by atoms with van der Waals surface area (Å²) in [5.41, 5.74) is 4.52. The molecule has 0 radical (unpaired) electrons. The number of rotatable bonds is 2. The van der Waals surface area contributed by atoms with Gasteiger partial charge in [-0.3, -0.25) is 14.7 Å². The van der Waals surface area contributed by atoms with Gasteiger partial charge in [-0.15, -0.1) is 0 Å². The van der Waals surface area contributed by atoms with Gasteiger partial charge in [0.1, 0.15) is 18.2 Å². The lowest BCUT2D eigenvalue weighted by molar-refractivity contribution is 0.0871. The molecule has 5 nitrogen and oxygen atoms in total. The Bertz CT molecular complexity index is 884. The number of aryl methyl sites for hydroxylation is 1. The average Bonchev–Trinajstić information content (AvgIpc) is 2.95. The van der Waals surface area contributed by atoms with Crippen molar-refractivity contribution in [1.29, 1.82) is 0 Å². The Morgan fingerprint density at radius 2 is 2.20 bits per heavy atom. The van der Waals surface area contributed by atoms with Crippen LogP contribution < -0.4 is 9.47 Å². The Kier molecular flexibility index (Phi) is 3.81. The van der Waals surface area contributed by atoms with E-state index in [0.717, 1.165) is 34.6 Å². The van der Waals surface area contributed by atoms with Crippen LogP contribution in [0.15, 0.2) is 41.9 Å². The zero-order valence-corrected chi connectivity index (χ0v) is 14.6. The number of fused-ring (bicyclic) bond motifs is 3. The highest BCUT2D eigenvalue weighted by Gasteiger charge is 2.35. The number of ether oxygens (including phenoxy) is 2. The molecular weight excluding hydrogens is 316 g/mol. The Balaban J connectivity index is 1.69. The van der Waals surface area contributed by atoms with E-state index in [4.69, 9.17) is 9.47 Å². The van der Waals surface area contributed by atoms with Gasteiger partial charge in [-0.2, -0.15) is 0 Å². The van der Waals surface area contributed by atoms with Crippen molar-refractivity contribution in [2.45, 2.75) is 33.9 Å². The van der Waals surface area contributed by atoms with Crippen LogP contribution in [0.5, 0.6) is 11.5 Å². The van der Waals surface area contributed by atoms with Crippen molar-refractivity contribution < 1.29 is 14.3 Å². The predicted octanol–water partition coefficient (Wildman–Crippen LogP) is 3.61. The number of hydrogen-bond acceptors (Lipinski definition) is 5. The Hall–Kier alpha value is -2.66. The lowest BCUT2D eigenvalue weighted by atomic mass is 9.98. The third-order valence-electron chi connectivity index (χ3n) is 4.55. The first-order valence-corrected chi connectivity index (χ1v) is 8.35. The summed E-state index contributed by atoms with van der Waals surface area (Å²) < 4.78 is 11.9. The van der Waals surface area contributed by atoms with E-state index < -0.39 is 0 Å². The fourth-order valence-corrected chi connectivity index (χ4v) is 3.34. The van der Waals surface area contributed by atoms with E-state index in [9.17, 15) is 4.79 Å². The predicted molar refractivity (Wildman–Crippen MR) is 93.5 cm³/mol. The first-order valence-electron chi connectivity index (χ1n) is 8.35. The largest absolute Gasteiger partial charge is 0.478 e. The molecule has 0 fully saturated rings. The van der Waals surface area contributed by atoms with Gasteiger partial charge in [0.25, 0.3) is 0 Å². The maximum absolute atomic E-state index is 12.7. The number of pyridine rings is 1. The molecule has 5 heteroatoms. The molecule has 3 heterocycles. The molecule has 0 aliphatic carbocycles. The minimum absolute atomic E-state index is 0.0281. The molecule has 2 aromatic rings. The van der Waals surface area contributed by atoms with Crippen molar-refractivity contribution in [3.63, 3.8) is 0 Å². The van der Waals surface area contributed by atoms with E-state index in [1.54, 1.807) is 6.20 Å². The zero-order valence-electron chi connectivity index (χ0n) is 14.6. The van der Waals surface area contributed by atoms with Crippen LogP contribution in [0.4, 0.5) is 0 Å². The summed E-state index contributed by atoms with van der Waals surface area (Å²) in [6.07, 6.45) is 3.62. The van der Waals surface area contributed by atoms with Crippen LogP contribution in [0, 0.1) is 6.92 Å². The number of Topliss-reactive ketones (excluding diaryl/α,β-unsaturated/α-hetero) is 1. The summed E-state index contributed by atoms with van der Waals surface area (Å²) in [7, 11) is 0. The fourth-order valence-electron chi connectivity index (χ4n) is 3.34. The summed E-state index contributed by atoms with van der Waals surface area (Å²) in [6, 6.07) is 5.92. The molecule has 0 saturated carbocycles. The number of aromatic nitrogens is 1. The molecule has 0 N–H and O–H groups in total. The molecule has 0 bridgehead atoms. The first kappa shape index (κ1) is 15.8. The molecule has 1 aromatic heterocycles. The quantitative estimate of drug-likeness (QED) is 0.784. The molecule has 1 aromatic carbocycles. The van der Waals surface area contributed by atoms with Crippen LogP contribution in [0.1, 0.15) is 40.9 Å². The third kappa shape index (κ3) is 2.70. The zero-order chi connectivity index (χ0) is 17.6. The highest BCUT2D eigenvalue weighted by Crippen LogP contribution is 2.44. The molecule has 128 valence electrons. The summed E-state index contributed by atoms with van der Waals surface area (Å²) in [6.45, 7) is 7.64. The van der Waals surface area contributed by atoms with Crippen molar-refractivity contribution in [3.05, 3.63) is 64.2 Å². The minimum Gasteiger partial charge on any atom is -0.478 e. The molecular formula is C20H20N2O3. The Labute approximate surface area is 146 Å². The number of nitrogens with zero attached hydrogens (tertiary/aromatic N) is 2. The fraction of sp³-hybridized carbons (Fsp3) is 0.300. The Morgan fingerprint density at radius 1 is 1.36 bits per heavy atom. The van der Waals surface area contributed by atoms with Gasteiger partial charge in [0.05, 0.1) is 11.1 Å². The van der Waals surface area contributed by atoms with Crippen molar-refractivity contribution in [2.24, 2.45) is 0 Å². The van der Waals surface area contributed by atoms with Crippen molar-refractivity contribution in [2.75, 3.05) is 6.73 Å². The third-order valence-corrected chi connectivity index (χ3v) is 4.55. The summed E-state index contributed by atoms with van der Waals surface area (Å²) in [5, 5.41) is 0. The highest BCUT2D eigenvalue weighted by atomic mass is 16.5. The topological polar surface area (TPSA) is 51.7 Å². The van der Waals surface area contributed by atoms with Crippen LogP contribution in [0.2, 0.25) is 0 Å². The monoisotopic (exact) mass is 336 g/mol. The van der Waals surface area contributed by atoms with Crippen LogP contribution in [0.25, 0.3) is 0 Å². The van der Waals surface area contributed by atoms with Gasteiger partial charge in [0, 0.05) is 25.5 Å². The molecule has 0 saturated heterocycles. The second kappa shape index (κ2) is 6.01. The molecule has 25 heavy (non-hydrogen) atoms. The normalized spacial score (nSPS) is 16.1. The lowest BCUT2D eigenvalue weighted by Crippen LogP contribution is -2.31. The van der Waals surface area contributed by atoms with E-state index >= 15 is 0 Å². The van der Waals surface area contributed by atoms with Crippen molar-refractivity contribution in [3.8, 4) is 11.5 Å². The summed E-state index contributed by atoms with van der Waals surface area (Å²) in [5.74, 6) is 1.88. The number of carbonyl (C=O) groups is 1.